The Hall–Kier alpha value is -1.77. The summed E-state index contributed by atoms with van der Waals surface area (Å²) in [5.41, 5.74) is 0.727. The Morgan fingerprint density at radius 1 is 1.00 bits per heavy atom. The highest BCUT2D eigenvalue weighted by Crippen LogP contribution is 2.21. The van der Waals surface area contributed by atoms with Crippen LogP contribution < -0.4 is 0 Å². The summed E-state index contributed by atoms with van der Waals surface area (Å²) in [5, 5.41) is 2.39. The minimum absolute atomic E-state index is 0.0281. The fourth-order valence-corrected chi connectivity index (χ4v) is 4.25. The molecule has 0 radical (unpaired) electrons. The van der Waals surface area contributed by atoms with Crippen molar-refractivity contribution in [2.45, 2.75) is 6.04 Å². The summed E-state index contributed by atoms with van der Waals surface area (Å²) in [5.74, 6) is 0.117. The van der Waals surface area contributed by atoms with Crippen LogP contribution >= 0.6 is 27.3 Å². The molecule has 2 saturated heterocycles. The number of hydrogen-bond donors (Lipinski definition) is 0. The van der Waals surface area contributed by atoms with Crippen LogP contribution in [-0.2, 0) is 0 Å². The van der Waals surface area contributed by atoms with Crippen LogP contribution in [0.25, 0.3) is 0 Å². The number of benzene rings is 1. The van der Waals surface area contributed by atoms with Gasteiger partial charge < -0.3 is 9.80 Å². The SMILES string of the molecule is O=C(c1ccc(Br)cc1)N1CC(N2CCN(C(=O)c3nccs3)CC2)C1. The molecule has 0 bridgehead atoms. The fourth-order valence-electron chi connectivity index (χ4n) is 3.38. The molecule has 0 unspecified atom stereocenters. The van der Waals surface area contributed by atoms with Crippen molar-refractivity contribution in [3.8, 4) is 0 Å². The quantitative estimate of drug-likeness (QED) is 0.742. The number of carbonyl (C=O) groups is 2. The molecule has 1 aromatic heterocycles. The van der Waals surface area contributed by atoms with Crippen LogP contribution in [0.4, 0.5) is 0 Å². The van der Waals surface area contributed by atoms with E-state index in [1.54, 1.807) is 6.20 Å². The Morgan fingerprint density at radius 2 is 1.69 bits per heavy atom. The summed E-state index contributed by atoms with van der Waals surface area (Å²) < 4.78 is 0.973. The molecule has 2 amide bonds. The van der Waals surface area contributed by atoms with Crippen molar-refractivity contribution in [2.24, 2.45) is 0 Å². The van der Waals surface area contributed by atoms with Gasteiger partial charge in [-0.25, -0.2) is 4.98 Å². The number of nitrogens with zero attached hydrogens (tertiary/aromatic N) is 4. The van der Waals surface area contributed by atoms with Gasteiger partial charge >= 0.3 is 0 Å². The summed E-state index contributed by atoms with van der Waals surface area (Å²) in [7, 11) is 0. The Balaban J connectivity index is 1.26. The van der Waals surface area contributed by atoms with Crippen LogP contribution in [0.1, 0.15) is 20.2 Å². The number of carbonyl (C=O) groups excluding carboxylic acids is 2. The van der Waals surface area contributed by atoms with Crippen molar-refractivity contribution in [1.82, 2.24) is 19.7 Å². The van der Waals surface area contributed by atoms with E-state index in [1.165, 1.54) is 11.3 Å². The summed E-state index contributed by atoms with van der Waals surface area (Å²) in [6.07, 6.45) is 1.67. The van der Waals surface area contributed by atoms with E-state index in [2.05, 4.69) is 25.8 Å². The Bertz CT molecular complexity index is 782. The molecule has 8 heteroatoms. The zero-order chi connectivity index (χ0) is 18.1. The Labute approximate surface area is 164 Å². The number of halogens is 1. The van der Waals surface area contributed by atoms with Crippen molar-refractivity contribution in [3.05, 3.63) is 50.9 Å². The maximum atomic E-state index is 12.5. The van der Waals surface area contributed by atoms with Crippen molar-refractivity contribution >= 4 is 39.1 Å². The standard InChI is InChI=1S/C18H19BrN4O2S/c19-14-3-1-13(2-4-14)17(24)23-11-15(12-23)21-6-8-22(9-7-21)18(25)16-20-5-10-26-16/h1-5,10,15H,6-9,11-12H2. The maximum absolute atomic E-state index is 12.5. The van der Waals surface area contributed by atoms with Gasteiger partial charge in [-0.3, -0.25) is 14.5 Å². The zero-order valence-corrected chi connectivity index (χ0v) is 16.6. The number of thiazole rings is 1. The third kappa shape index (κ3) is 3.54. The van der Waals surface area contributed by atoms with E-state index >= 15 is 0 Å². The van der Waals surface area contributed by atoms with E-state index in [9.17, 15) is 9.59 Å². The predicted molar refractivity (Wildman–Crippen MR) is 103 cm³/mol. The van der Waals surface area contributed by atoms with Crippen LogP contribution in [0.5, 0.6) is 0 Å². The summed E-state index contributed by atoms with van der Waals surface area (Å²) in [6.45, 7) is 4.65. The topological polar surface area (TPSA) is 56.8 Å². The average molecular weight is 435 g/mol. The molecule has 0 N–H and O–H groups in total. The smallest absolute Gasteiger partial charge is 0.282 e. The number of piperazine rings is 1. The first-order valence-corrected chi connectivity index (χ1v) is 10.3. The molecule has 136 valence electrons. The van der Waals surface area contributed by atoms with E-state index in [0.717, 1.165) is 49.3 Å². The molecule has 0 aliphatic carbocycles. The lowest BCUT2D eigenvalue weighted by Gasteiger charge is -2.48. The summed E-state index contributed by atoms with van der Waals surface area (Å²) >= 11 is 4.78. The number of rotatable bonds is 3. The highest BCUT2D eigenvalue weighted by atomic mass is 79.9. The van der Waals surface area contributed by atoms with E-state index in [-0.39, 0.29) is 11.8 Å². The minimum atomic E-state index is 0.0281. The second-order valence-corrected chi connectivity index (χ2v) is 8.35. The largest absolute Gasteiger partial charge is 0.335 e. The first-order valence-electron chi connectivity index (χ1n) is 8.59. The molecule has 26 heavy (non-hydrogen) atoms. The molecule has 0 spiro atoms. The molecule has 3 heterocycles. The van der Waals surface area contributed by atoms with E-state index in [4.69, 9.17) is 0 Å². The van der Waals surface area contributed by atoms with E-state index < -0.39 is 0 Å². The third-order valence-corrected chi connectivity index (χ3v) is 6.26. The molecule has 4 rings (SSSR count). The lowest BCUT2D eigenvalue weighted by molar-refractivity contribution is 0.00853. The number of aromatic nitrogens is 1. The van der Waals surface area contributed by atoms with Gasteiger partial charge in [-0.15, -0.1) is 11.3 Å². The Kier molecular flexibility index (Phi) is 5.06. The van der Waals surface area contributed by atoms with Gasteiger partial charge in [0.15, 0.2) is 5.01 Å². The molecule has 0 atom stereocenters. The fraction of sp³-hybridized carbons (Fsp3) is 0.389. The van der Waals surface area contributed by atoms with Crippen LogP contribution in [-0.4, -0.2) is 76.8 Å². The highest BCUT2D eigenvalue weighted by Gasteiger charge is 2.37. The van der Waals surface area contributed by atoms with Gasteiger partial charge in [-0.05, 0) is 24.3 Å². The molecule has 6 nitrogen and oxygen atoms in total. The van der Waals surface area contributed by atoms with Crippen LogP contribution in [0.15, 0.2) is 40.3 Å². The van der Waals surface area contributed by atoms with Gasteiger partial charge in [0, 0.05) is 66.9 Å². The molecule has 2 aliphatic heterocycles. The maximum Gasteiger partial charge on any atom is 0.282 e. The monoisotopic (exact) mass is 434 g/mol. The van der Waals surface area contributed by atoms with Crippen molar-refractivity contribution in [3.63, 3.8) is 0 Å². The second-order valence-electron chi connectivity index (χ2n) is 6.54. The van der Waals surface area contributed by atoms with Gasteiger partial charge in [0.2, 0.25) is 0 Å². The molecule has 0 saturated carbocycles. The van der Waals surface area contributed by atoms with Crippen molar-refractivity contribution in [1.29, 1.82) is 0 Å². The third-order valence-electron chi connectivity index (χ3n) is 4.97. The predicted octanol–water partition coefficient (Wildman–Crippen LogP) is 2.19. The zero-order valence-electron chi connectivity index (χ0n) is 14.2. The van der Waals surface area contributed by atoms with Gasteiger partial charge in [-0.2, -0.15) is 0 Å². The molecule has 1 aromatic carbocycles. The minimum Gasteiger partial charge on any atom is -0.335 e. The van der Waals surface area contributed by atoms with Crippen molar-refractivity contribution < 1.29 is 9.59 Å². The van der Waals surface area contributed by atoms with Gasteiger partial charge in [0.25, 0.3) is 11.8 Å². The van der Waals surface area contributed by atoms with Gasteiger partial charge in [0.1, 0.15) is 0 Å². The van der Waals surface area contributed by atoms with Crippen molar-refractivity contribution in [2.75, 3.05) is 39.3 Å². The average Bonchev–Trinajstić information content (AvgIpc) is 3.15. The number of amides is 2. The lowest BCUT2D eigenvalue weighted by atomic mass is 10.0. The summed E-state index contributed by atoms with van der Waals surface area (Å²) in [4.78, 5) is 35.1. The molecular weight excluding hydrogens is 416 g/mol. The van der Waals surface area contributed by atoms with E-state index in [0.29, 0.717) is 11.0 Å². The Morgan fingerprint density at radius 3 is 2.31 bits per heavy atom. The van der Waals surface area contributed by atoms with Gasteiger partial charge in [-0.1, -0.05) is 15.9 Å². The van der Waals surface area contributed by atoms with Crippen LogP contribution in [0.2, 0.25) is 0 Å². The molecule has 2 fully saturated rings. The first kappa shape index (κ1) is 17.6. The molecule has 2 aromatic rings. The van der Waals surface area contributed by atoms with Gasteiger partial charge in [0.05, 0.1) is 0 Å². The number of hydrogen-bond acceptors (Lipinski definition) is 5. The first-order chi connectivity index (χ1) is 12.6. The van der Waals surface area contributed by atoms with E-state index in [1.807, 2.05) is 39.4 Å². The second kappa shape index (κ2) is 7.46. The highest BCUT2D eigenvalue weighted by molar-refractivity contribution is 9.10. The molecule has 2 aliphatic rings. The normalized spacial score (nSPS) is 18.7. The van der Waals surface area contributed by atoms with Crippen LogP contribution in [0.3, 0.4) is 0 Å². The van der Waals surface area contributed by atoms with Crippen LogP contribution in [0, 0.1) is 0 Å². The molecular formula is C18H19BrN4O2S. The summed E-state index contributed by atoms with van der Waals surface area (Å²) in [6, 6.07) is 7.88. The number of likely N-dealkylation sites (tertiary alicyclic amines) is 1. The lowest BCUT2D eigenvalue weighted by Crippen LogP contribution is -2.64.